The largest absolute Gasteiger partial charge is 0.379 e. The van der Waals surface area contributed by atoms with Crippen LogP contribution in [0.2, 0.25) is 0 Å². The van der Waals surface area contributed by atoms with Crippen LogP contribution in [0.4, 0.5) is 20.2 Å². The molecule has 0 unspecified atom stereocenters. The Balaban J connectivity index is 1.96. The number of anilines is 1. The molecule has 1 heterocycles. The number of nitro benzene ring substituents is 1. The molecule has 0 bridgehead atoms. The summed E-state index contributed by atoms with van der Waals surface area (Å²) >= 11 is 0. The Bertz CT molecular complexity index is 498. The molecule has 21 heavy (non-hydrogen) atoms. The van der Waals surface area contributed by atoms with Crippen molar-refractivity contribution in [1.82, 2.24) is 0 Å². The average Bonchev–Trinajstić information content (AvgIpc) is 2.93. The van der Waals surface area contributed by atoms with Gasteiger partial charge in [-0.25, -0.2) is 8.78 Å². The third-order valence-electron chi connectivity index (χ3n) is 3.10. The average molecular weight is 302 g/mol. The summed E-state index contributed by atoms with van der Waals surface area (Å²) in [5.41, 5.74) is -1.01. The van der Waals surface area contributed by atoms with Gasteiger partial charge in [0, 0.05) is 12.6 Å². The molecule has 1 aliphatic rings. The van der Waals surface area contributed by atoms with Crippen LogP contribution in [0.15, 0.2) is 12.1 Å². The normalized spacial score (nSPS) is 19.5. The standard InChI is InChI=1S/C13H16F2N2O4/c1-8(6-21-10-2-3-20-7-10)16-13-11(14)4-9(17(18)19)5-12(13)15/h4-5,8,10,16H,2-3,6-7H2,1H3/t8-,10-/m0/s1. The molecule has 1 saturated heterocycles. The number of nitrogens with one attached hydrogen (secondary N) is 1. The van der Waals surface area contributed by atoms with Gasteiger partial charge < -0.3 is 14.8 Å². The number of hydrogen-bond acceptors (Lipinski definition) is 5. The molecule has 0 saturated carbocycles. The van der Waals surface area contributed by atoms with Gasteiger partial charge >= 0.3 is 0 Å². The summed E-state index contributed by atoms with van der Waals surface area (Å²) in [5, 5.41) is 13.1. The van der Waals surface area contributed by atoms with Crippen LogP contribution in [-0.2, 0) is 9.47 Å². The molecular weight excluding hydrogens is 286 g/mol. The van der Waals surface area contributed by atoms with Gasteiger partial charge in [0.2, 0.25) is 0 Å². The maximum atomic E-state index is 13.7. The van der Waals surface area contributed by atoms with Gasteiger partial charge in [-0.2, -0.15) is 0 Å². The van der Waals surface area contributed by atoms with Crippen LogP contribution in [0, 0.1) is 21.7 Å². The van der Waals surface area contributed by atoms with Crippen molar-refractivity contribution in [2.75, 3.05) is 25.1 Å². The number of hydrogen-bond donors (Lipinski definition) is 1. The van der Waals surface area contributed by atoms with Crippen LogP contribution in [-0.4, -0.2) is 36.9 Å². The van der Waals surface area contributed by atoms with Crippen molar-refractivity contribution >= 4 is 11.4 Å². The van der Waals surface area contributed by atoms with E-state index < -0.39 is 22.2 Å². The van der Waals surface area contributed by atoms with Gasteiger partial charge in [0.25, 0.3) is 5.69 Å². The van der Waals surface area contributed by atoms with Crippen LogP contribution >= 0.6 is 0 Å². The molecule has 2 rings (SSSR count). The first-order valence-corrected chi connectivity index (χ1v) is 6.56. The number of nitro groups is 1. The molecule has 1 aromatic carbocycles. The molecule has 0 radical (unpaired) electrons. The molecule has 1 N–H and O–H groups in total. The van der Waals surface area contributed by atoms with Crippen molar-refractivity contribution < 1.29 is 23.2 Å². The van der Waals surface area contributed by atoms with Gasteiger partial charge in [-0.3, -0.25) is 10.1 Å². The summed E-state index contributed by atoms with van der Waals surface area (Å²) in [7, 11) is 0. The maximum Gasteiger partial charge on any atom is 0.275 e. The zero-order valence-corrected chi connectivity index (χ0v) is 11.5. The topological polar surface area (TPSA) is 73.6 Å². The van der Waals surface area contributed by atoms with Gasteiger partial charge in [-0.05, 0) is 13.3 Å². The minimum Gasteiger partial charge on any atom is -0.379 e. The second-order valence-electron chi connectivity index (χ2n) is 4.91. The molecule has 1 aliphatic heterocycles. The lowest BCUT2D eigenvalue weighted by Crippen LogP contribution is -2.26. The minimum atomic E-state index is -1.00. The second-order valence-corrected chi connectivity index (χ2v) is 4.91. The number of benzene rings is 1. The lowest BCUT2D eigenvalue weighted by Gasteiger charge is -2.18. The Morgan fingerprint density at radius 3 is 2.71 bits per heavy atom. The van der Waals surface area contributed by atoms with E-state index in [2.05, 4.69) is 5.32 Å². The van der Waals surface area contributed by atoms with E-state index in [1.807, 2.05) is 0 Å². The fourth-order valence-electron chi connectivity index (χ4n) is 2.02. The zero-order valence-electron chi connectivity index (χ0n) is 11.5. The first-order chi connectivity index (χ1) is 9.97. The predicted molar refractivity (Wildman–Crippen MR) is 71.3 cm³/mol. The first kappa shape index (κ1) is 15.6. The van der Waals surface area contributed by atoms with Crippen LogP contribution in [0.5, 0.6) is 0 Å². The fourth-order valence-corrected chi connectivity index (χ4v) is 2.02. The molecule has 0 amide bonds. The van der Waals surface area contributed by atoms with E-state index in [1.54, 1.807) is 6.92 Å². The molecule has 116 valence electrons. The highest BCUT2D eigenvalue weighted by atomic mass is 19.1. The summed E-state index contributed by atoms with van der Waals surface area (Å²) < 4.78 is 38.1. The van der Waals surface area contributed by atoms with E-state index in [4.69, 9.17) is 9.47 Å². The number of halogens is 2. The molecule has 8 heteroatoms. The minimum absolute atomic E-state index is 0.000745. The van der Waals surface area contributed by atoms with Gasteiger partial charge in [0.05, 0.1) is 36.4 Å². The highest BCUT2D eigenvalue weighted by Crippen LogP contribution is 2.25. The van der Waals surface area contributed by atoms with E-state index in [-0.39, 0.29) is 24.4 Å². The Kier molecular flexibility index (Phi) is 5.03. The lowest BCUT2D eigenvalue weighted by molar-refractivity contribution is -0.385. The highest BCUT2D eigenvalue weighted by molar-refractivity contribution is 5.52. The van der Waals surface area contributed by atoms with Gasteiger partial charge in [0.15, 0.2) is 11.6 Å². The highest BCUT2D eigenvalue weighted by Gasteiger charge is 2.20. The third kappa shape index (κ3) is 4.08. The van der Waals surface area contributed by atoms with E-state index in [0.29, 0.717) is 25.3 Å². The Labute approximate surface area is 120 Å². The predicted octanol–water partition coefficient (Wildman–Crippen LogP) is 2.48. The van der Waals surface area contributed by atoms with Crippen molar-refractivity contribution in [2.45, 2.75) is 25.5 Å². The Morgan fingerprint density at radius 2 is 2.19 bits per heavy atom. The Morgan fingerprint density at radius 1 is 1.52 bits per heavy atom. The van der Waals surface area contributed by atoms with E-state index in [1.165, 1.54) is 0 Å². The maximum absolute atomic E-state index is 13.7. The molecule has 6 nitrogen and oxygen atoms in total. The molecule has 1 fully saturated rings. The molecule has 1 aromatic rings. The summed E-state index contributed by atoms with van der Waals surface area (Å²) in [5.74, 6) is -2.00. The first-order valence-electron chi connectivity index (χ1n) is 6.56. The number of non-ortho nitro benzene ring substituents is 1. The molecule has 0 aliphatic carbocycles. The van der Waals surface area contributed by atoms with Crippen molar-refractivity contribution in [3.63, 3.8) is 0 Å². The van der Waals surface area contributed by atoms with Gasteiger partial charge in [-0.15, -0.1) is 0 Å². The summed E-state index contributed by atoms with van der Waals surface area (Å²) in [6.45, 7) is 3.13. The number of rotatable bonds is 6. The van der Waals surface area contributed by atoms with Crippen LogP contribution in [0.3, 0.4) is 0 Å². The second kappa shape index (κ2) is 6.77. The number of nitrogens with zero attached hydrogens (tertiary/aromatic N) is 1. The van der Waals surface area contributed by atoms with E-state index >= 15 is 0 Å². The van der Waals surface area contributed by atoms with Crippen LogP contribution in [0.1, 0.15) is 13.3 Å². The summed E-state index contributed by atoms with van der Waals surface area (Å²) in [6, 6.07) is 1.02. The van der Waals surface area contributed by atoms with Crippen LogP contribution < -0.4 is 5.32 Å². The van der Waals surface area contributed by atoms with E-state index in [0.717, 1.165) is 6.42 Å². The monoisotopic (exact) mass is 302 g/mol. The summed E-state index contributed by atoms with van der Waals surface area (Å²) in [4.78, 5) is 9.66. The quantitative estimate of drug-likeness (QED) is 0.645. The lowest BCUT2D eigenvalue weighted by atomic mass is 10.2. The zero-order chi connectivity index (χ0) is 15.4. The van der Waals surface area contributed by atoms with Crippen molar-refractivity contribution in [1.29, 1.82) is 0 Å². The smallest absolute Gasteiger partial charge is 0.275 e. The van der Waals surface area contributed by atoms with Crippen molar-refractivity contribution in [3.8, 4) is 0 Å². The molecular formula is C13H16F2N2O4. The molecule has 0 aromatic heterocycles. The van der Waals surface area contributed by atoms with E-state index in [9.17, 15) is 18.9 Å². The molecule has 0 spiro atoms. The van der Waals surface area contributed by atoms with Gasteiger partial charge in [0.1, 0.15) is 5.69 Å². The van der Waals surface area contributed by atoms with Crippen LogP contribution in [0.25, 0.3) is 0 Å². The number of ether oxygens (including phenoxy) is 2. The SMILES string of the molecule is C[C@@H](CO[C@H]1CCOC1)Nc1c(F)cc([N+](=O)[O-])cc1F. The Hall–Kier alpha value is -1.80. The van der Waals surface area contributed by atoms with Crippen molar-refractivity contribution in [2.24, 2.45) is 0 Å². The summed E-state index contributed by atoms with van der Waals surface area (Å²) in [6.07, 6.45) is 0.799. The van der Waals surface area contributed by atoms with Gasteiger partial charge in [-0.1, -0.05) is 0 Å². The third-order valence-corrected chi connectivity index (χ3v) is 3.10. The molecule has 2 atom stereocenters. The van der Waals surface area contributed by atoms with Crippen molar-refractivity contribution in [3.05, 3.63) is 33.9 Å². The fraction of sp³-hybridized carbons (Fsp3) is 0.538.